The molecule has 0 aliphatic heterocycles. The molecule has 2 aromatic rings. The number of nitrogens with one attached hydrogen (secondary N) is 1. The van der Waals surface area contributed by atoms with Crippen molar-refractivity contribution < 1.29 is 0 Å². The molecule has 1 aromatic heterocycles. The third kappa shape index (κ3) is 1.85. The van der Waals surface area contributed by atoms with E-state index in [0.717, 1.165) is 22.3 Å². The molecule has 0 amide bonds. The molecular weight excluding hydrogens is 255 g/mol. The van der Waals surface area contributed by atoms with Crippen LogP contribution in [0.4, 0.5) is 5.69 Å². The van der Waals surface area contributed by atoms with Gasteiger partial charge in [0, 0.05) is 29.7 Å². The standard InChI is InChI=1S/C13H12Cl2N2/c1-16-11-6-10(7-2-3-7)17-13-8(11)4-5-9(14)12(13)15/h4-7H,2-3H2,1H3,(H,16,17). The Balaban J connectivity index is 2.32. The maximum atomic E-state index is 6.23. The summed E-state index contributed by atoms with van der Waals surface area (Å²) in [6, 6.07) is 5.88. The number of halogens is 2. The number of nitrogens with zero attached hydrogens (tertiary/aromatic N) is 1. The third-order valence-electron chi connectivity index (χ3n) is 3.16. The van der Waals surface area contributed by atoms with Crippen LogP contribution in [0.1, 0.15) is 24.5 Å². The van der Waals surface area contributed by atoms with Gasteiger partial charge in [-0.1, -0.05) is 23.2 Å². The van der Waals surface area contributed by atoms with E-state index in [1.807, 2.05) is 19.2 Å². The van der Waals surface area contributed by atoms with Crippen molar-refractivity contribution in [2.45, 2.75) is 18.8 Å². The van der Waals surface area contributed by atoms with Crippen molar-refractivity contribution in [1.29, 1.82) is 0 Å². The van der Waals surface area contributed by atoms with E-state index in [1.165, 1.54) is 12.8 Å². The number of hydrogen-bond donors (Lipinski definition) is 1. The van der Waals surface area contributed by atoms with Crippen molar-refractivity contribution in [3.8, 4) is 0 Å². The second kappa shape index (κ2) is 4.04. The monoisotopic (exact) mass is 266 g/mol. The van der Waals surface area contributed by atoms with Gasteiger partial charge in [-0.2, -0.15) is 0 Å². The molecule has 0 atom stereocenters. The van der Waals surface area contributed by atoms with Gasteiger partial charge in [0.05, 0.1) is 15.6 Å². The van der Waals surface area contributed by atoms with E-state index in [9.17, 15) is 0 Å². The maximum Gasteiger partial charge on any atom is 0.0927 e. The molecule has 0 radical (unpaired) electrons. The number of aromatic nitrogens is 1. The first-order valence-corrected chi connectivity index (χ1v) is 6.42. The van der Waals surface area contributed by atoms with Crippen molar-refractivity contribution in [2.75, 3.05) is 12.4 Å². The van der Waals surface area contributed by atoms with Gasteiger partial charge in [-0.3, -0.25) is 4.98 Å². The summed E-state index contributed by atoms with van der Waals surface area (Å²) in [7, 11) is 1.91. The molecule has 1 heterocycles. The van der Waals surface area contributed by atoms with Crippen LogP contribution in [-0.2, 0) is 0 Å². The summed E-state index contributed by atoms with van der Waals surface area (Å²) in [5.41, 5.74) is 2.98. The highest BCUT2D eigenvalue weighted by Gasteiger charge is 2.26. The zero-order valence-electron chi connectivity index (χ0n) is 9.43. The molecule has 4 heteroatoms. The van der Waals surface area contributed by atoms with Crippen molar-refractivity contribution in [2.24, 2.45) is 0 Å². The summed E-state index contributed by atoms with van der Waals surface area (Å²) in [5.74, 6) is 0.599. The molecule has 1 saturated carbocycles. The summed E-state index contributed by atoms with van der Waals surface area (Å²) in [5, 5.41) is 5.32. The first-order chi connectivity index (χ1) is 8.20. The van der Waals surface area contributed by atoms with Gasteiger partial charge in [-0.25, -0.2) is 0 Å². The number of pyridine rings is 1. The SMILES string of the molecule is CNc1cc(C2CC2)nc2c(Cl)c(Cl)ccc12. The summed E-state index contributed by atoms with van der Waals surface area (Å²) < 4.78 is 0. The van der Waals surface area contributed by atoms with Gasteiger partial charge in [0.1, 0.15) is 0 Å². The molecule has 17 heavy (non-hydrogen) atoms. The van der Waals surface area contributed by atoms with Crippen LogP contribution >= 0.6 is 23.2 Å². The summed E-state index contributed by atoms with van der Waals surface area (Å²) >= 11 is 12.3. The van der Waals surface area contributed by atoms with Crippen LogP contribution in [-0.4, -0.2) is 12.0 Å². The topological polar surface area (TPSA) is 24.9 Å². The van der Waals surface area contributed by atoms with Gasteiger partial charge < -0.3 is 5.32 Å². The fraction of sp³-hybridized carbons (Fsp3) is 0.308. The molecule has 1 N–H and O–H groups in total. The van der Waals surface area contributed by atoms with E-state index in [2.05, 4.69) is 16.4 Å². The fourth-order valence-corrected chi connectivity index (χ4v) is 2.41. The van der Waals surface area contributed by atoms with Crippen molar-refractivity contribution in [1.82, 2.24) is 4.98 Å². The minimum atomic E-state index is 0.545. The quantitative estimate of drug-likeness (QED) is 0.868. The van der Waals surface area contributed by atoms with Gasteiger partial charge in [0.15, 0.2) is 0 Å². The second-order valence-corrected chi connectivity index (χ2v) is 5.16. The lowest BCUT2D eigenvalue weighted by atomic mass is 10.1. The summed E-state index contributed by atoms with van der Waals surface area (Å²) in [6.07, 6.45) is 2.44. The molecule has 0 spiro atoms. The van der Waals surface area contributed by atoms with Gasteiger partial charge in [-0.15, -0.1) is 0 Å². The van der Waals surface area contributed by atoms with E-state index < -0.39 is 0 Å². The Bertz CT molecular complexity index is 591. The maximum absolute atomic E-state index is 6.23. The molecule has 3 rings (SSSR count). The minimum Gasteiger partial charge on any atom is -0.388 e. The normalized spacial score (nSPS) is 15.2. The van der Waals surface area contributed by atoms with E-state index in [0.29, 0.717) is 16.0 Å². The molecule has 0 unspecified atom stereocenters. The molecule has 1 aromatic carbocycles. The predicted octanol–water partition coefficient (Wildman–Crippen LogP) is 4.46. The molecule has 2 nitrogen and oxygen atoms in total. The first kappa shape index (κ1) is 11.1. The lowest BCUT2D eigenvalue weighted by molar-refractivity contribution is 1.04. The predicted molar refractivity (Wildman–Crippen MR) is 73.3 cm³/mol. The number of anilines is 1. The molecule has 1 aliphatic carbocycles. The average Bonchev–Trinajstić information content (AvgIpc) is 3.17. The first-order valence-electron chi connectivity index (χ1n) is 5.67. The second-order valence-electron chi connectivity index (χ2n) is 4.38. The molecule has 0 saturated heterocycles. The van der Waals surface area contributed by atoms with Crippen molar-refractivity contribution in [3.63, 3.8) is 0 Å². The largest absolute Gasteiger partial charge is 0.388 e. The lowest BCUT2D eigenvalue weighted by Crippen LogP contribution is -1.96. The van der Waals surface area contributed by atoms with E-state index in [4.69, 9.17) is 23.2 Å². The smallest absolute Gasteiger partial charge is 0.0927 e. The lowest BCUT2D eigenvalue weighted by Gasteiger charge is -2.10. The highest BCUT2D eigenvalue weighted by atomic mass is 35.5. The number of hydrogen-bond acceptors (Lipinski definition) is 2. The summed E-state index contributed by atoms with van der Waals surface area (Å²) in [4.78, 5) is 4.65. The Hall–Kier alpha value is -0.990. The average molecular weight is 267 g/mol. The molecule has 1 fully saturated rings. The van der Waals surface area contributed by atoms with E-state index in [-0.39, 0.29) is 0 Å². The fourth-order valence-electron chi connectivity index (χ4n) is 2.05. The molecule has 88 valence electrons. The molecule has 1 aliphatic rings. The van der Waals surface area contributed by atoms with Crippen LogP contribution in [0.15, 0.2) is 18.2 Å². The van der Waals surface area contributed by atoms with Crippen molar-refractivity contribution in [3.05, 3.63) is 33.9 Å². The van der Waals surface area contributed by atoms with E-state index in [1.54, 1.807) is 0 Å². The van der Waals surface area contributed by atoms with Crippen molar-refractivity contribution >= 4 is 39.8 Å². The van der Waals surface area contributed by atoms with Crippen LogP contribution in [0.2, 0.25) is 10.0 Å². The highest BCUT2D eigenvalue weighted by Crippen LogP contribution is 2.42. The number of benzene rings is 1. The molecule has 0 bridgehead atoms. The number of rotatable bonds is 2. The Morgan fingerprint density at radius 3 is 2.71 bits per heavy atom. The van der Waals surface area contributed by atoms with Crippen LogP contribution < -0.4 is 5.32 Å². The van der Waals surface area contributed by atoms with Crippen LogP contribution in [0.3, 0.4) is 0 Å². The minimum absolute atomic E-state index is 0.545. The van der Waals surface area contributed by atoms with Crippen LogP contribution in [0.25, 0.3) is 10.9 Å². The number of fused-ring (bicyclic) bond motifs is 1. The Kier molecular flexibility index (Phi) is 2.64. The van der Waals surface area contributed by atoms with Gasteiger partial charge in [-0.05, 0) is 31.0 Å². The van der Waals surface area contributed by atoms with Crippen LogP contribution in [0, 0.1) is 0 Å². The van der Waals surface area contributed by atoms with Gasteiger partial charge in [0.25, 0.3) is 0 Å². The van der Waals surface area contributed by atoms with Crippen LogP contribution in [0.5, 0.6) is 0 Å². The molecular formula is C13H12Cl2N2. The zero-order chi connectivity index (χ0) is 12.0. The summed E-state index contributed by atoms with van der Waals surface area (Å²) in [6.45, 7) is 0. The van der Waals surface area contributed by atoms with Gasteiger partial charge >= 0.3 is 0 Å². The van der Waals surface area contributed by atoms with Gasteiger partial charge in [0.2, 0.25) is 0 Å². The highest BCUT2D eigenvalue weighted by molar-refractivity contribution is 6.45. The third-order valence-corrected chi connectivity index (χ3v) is 3.95. The Labute approximate surface area is 110 Å². The Morgan fingerprint density at radius 2 is 2.06 bits per heavy atom. The van der Waals surface area contributed by atoms with E-state index >= 15 is 0 Å². The zero-order valence-corrected chi connectivity index (χ0v) is 10.9. The Morgan fingerprint density at radius 1 is 1.29 bits per heavy atom.